The SMILES string of the molecule is CCOc1ccc(C(=O)CNC2=NCCCC2)cc1. The van der Waals surface area contributed by atoms with Gasteiger partial charge in [0, 0.05) is 18.5 Å². The quantitative estimate of drug-likeness (QED) is 0.827. The Labute approximate surface area is 113 Å². The first-order valence-corrected chi connectivity index (χ1v) is 6.83. The first-order chi connectivity index (χ1) is 9.29. The lowest BCUT2D eigenvalue weighted by atomic mass is 10.1. The van der Waals surface area contributed by atoms with Crippen molar-refractivity contribution in [3.8, 4) is 5.75 Å². The summed E-state index contributed by atoms with van der Waals surface area (Å²) in [6.45, 7) is 3.76. The summed E-state index contributed by atoms with van der Waals surface area (Å²) in [5.74, 6) is 1.84. The Morgan fingerprint density at radius 3 is 2.74 bits per heavy atom. The number of hydrogen-bond donors (Lipinski definition) is 1. The number of nitrogens with zero attached hydrogens (tertiary/aromatic N) is 1. The summed E-state index contributed by atoms with van der Waals surface area (Å²) in [5, 5.41) is 3.13. The molecule has 1 aliphatic rings. The second-order valence-corrected chi connectivity index (χ2v) is 4.52. The zero-order valence-electron chi connectivity index (χ0n) is 11.3. The lowest BCUT2D eigenvalue weighted by Crippen LogP contribution is -2.31. The van der Waals surface area contributed by atoms with Gasteiger partial charge in [0.2, 0.25) is 0 Å². The molecule has 0 atom stereocenters. The number of carbonyl (C=O) groups excluding carboxylic acids is 1. The minimum Gasteiger partial charge on any atom is -0.494 e. The Hall–Kier alpha value is -1.84. The molecule has 0 bridgehead atoms. The van der Waals surface area contributed by atoms with Gasteiger partial charge in [0.05, 0.1) is 19.0 Å². The van der Waals surface area contributed by atoms with Crippen LogP contribution in [0.15, 0.2) is 29.3 Å². The molecule has 0 saturated carbocycles. The summed E-state index contributed by atoms with van der Waals surface area (Å²) >= 11 is 0. The minimum absolute atomic E-state index is 0.0799. The van der Waals surface area contributed by atoms with Gasteiger partial charge in [-0.2, -0.15) is 0 Å². The highest BCUT2D eigenvalue weighted by Gasteiger charge is 2.09. The van der Waals surface area contributed by atoms with Crippen molar-refractivity contribution in [3.05, 3.63) is 29.8 Å². The van der Waals surface area contributed by atoms with Gasteiger partial charge < -0.3 is 10.1 Å². The summed E-state index contributed by atoms with van der Waals surface area (Å²) in [5.41, 5.74) is 0.701. The average Bonchev–Trinajstić information content (AvgIpc) is 2.47. The summed E-state index contributed by atoms with van der Waals surface area (Å²) in [4.78, 5) is 16.4. The predicted octanol–water partition coefficient (Wildman–Crippen LogP) is 2.44. The molecule has 1 aromatic rings. The van der Waals surface area contributed by atoms with Gasteiger partial charge in [-0.15, -0.1) is 0 Å². The molecule has 102 valence electrons. The van der Waals surface area contributed by atoms with Crippen molar-refractivity contribution in [2.75, 3.05) is 19.7 Å². The van der Waals surface area contributed by atoms with Crippen LogP contribution in [0.2, 0.25) is 0 Å². The molecule has 4 nitrogen and oxygen atoms in total. The number of aliphatic imine (C=N–C) groups is 1. The number of Topliss-reactive ketones (excluding diaryl/α,β-unsaturated/α-hetero) is 1. The predicted molar refractivity (Wildman–Crippen MR) is 76.1 cm³/mol. The van der Waals surface area contributed by atoms with Gasteiger partial charge in [-0.3, -0.25) is 9.79 Å². The van der Waals surface area contributed by atoms with Crippen LogP contribution in [0.5, 0.6) is 5.75 Å². The Kier molecular flexibility index (Phi) is 4.95. The molecule has 1 aliphatic heterocycles. The number of ether oxygens (including phenoxy) is 1. The topological polar surface area (TPSA) is 50.7 Å². The fraction of sp³-hybridized carbons (Fsp3) is 0.467. The van der Waals surface area contributed by atoms with Crippen molar-refractivity contribution < 1.29 is 9.53 Å². The smallest absolute Gasteiger partial charge is 0.181 e. The van der Waals surface area contributed by atoms with E-state index in [4.69, 9.17) is 4.74 Å². The Balaban J connectivity index is 1.86. The van der Waals surface area contributed by atoms with E-state index in [-0.39, 0.29) is 5.78 Å². The van der Waals surface area contributed by atoms with E-state index in [1.54, 1.807) is 12.1 Å². The highest BCUT2D eigenvalue weighted by Crippen LogP contribution is 2.12. The molecule has 0 aromatic heterocycles. The van der Waals surface area contributed by atoms with Crippen LogP contribution in [0.3, 0.4) is 0 Å². The third kappa shape index (κ3) is 4.09. The van der Waals surface area contributed by atoms with Crippen molar-refractivity contribution in [2.24, 2.45) is 4.99 Å². The monoisotopic (exact) mass is 260 g/mol. The fourth-order valence-corrected chi connectivity index (χ4v) is 2.03. The second kappa shape index (κ2) is 6.92. The third-order valence-electron chi connectivity index (χ3n) is 3.06. The molecule has 0 saturated heterocycles. The molecule has 0 aliphatic carbocycles. The van der Waals surface area contributed by atoms with Gasteiger partial charge in [0.1, 0.15) is 5.75 Å². The van der Waals surface area contributed by atoms with Crippen LogP contribution >= 0.6 is 0 Å². The van der Waals surface area contributed by atoms with Crippen LogP contribution in [-0.4, -0.2) is 31.3 Å². The van der Waals surface area contributed by atoms with Gasteiger partial charge in [-0.1, -0.05) is 0 Å². The first kappa shape index (κ1) is 13.6. The number of hydrogen-bond acceptors (Lipinski definition) is 4. The maximum atomic E-state index is 12.0. The Morgan fingerprint density at radius 1 is 1.32 bits per heavy atom. The number of carbonyl (C=O) groups is 1. The molecular weight excluding hydrogens is 240 g/mol. The molecule has 1 N–H and O–H groups in total. The van der Waals surface area contributed by atoms with E-state index in [1.807, 2.05) is 19.1 Å². The van der Waals surface area contributed by atoms with E-state index in [2.05, 4.69) is 10.3 Å². The molecule has 2 rings (SSSR count). The lowest BCUT2D eigenvalue weighted by molar-refractivity contribution is 0.0996. The van der Waals surface area contributed by atoms with Crippen LogP contribution in [-0.2, 0) is 0 Å². The van der Waals surface area contributed by atoms with E-state index in [1.165, 1.54) is 0 Å². The van der Waals surface area contributed by atoms with Gasteiger partial charge in [0.25, 0.3) is 0 Å². The van der Waals surface area contributed by atoms with Crippen LogP contribution in [0.4, 0.5) is 0 Å². The fourth-order valence-electron chi connectivity index (χ4n) is 2.03. The third-order valence-corrected chi connectivity index (χ3v) is 3.06. The zero-order chi connectivity index (χ0) is 13.5. The molecule has 0 radical (unpaired) electrons. The van der Waals surface area contributed by atoms with E-state index in [0.717, 1.165) is 37.4 Å². The Bertz CT molecular complexity index is 452. The maximum Gasteiger partial charge on any atom is 0.181 e. The minimum atomic E-state index is 0.0799. The van der Waals surface area contributed by atoms with Crippen molar-refractivity contribution in [3.63, 3.8) is 0 Å². The molecule has 0 fully saturated rings. The van der Waals surface area contributed by atoms with Crippen LogP contribution in [0, 0.1) is 0 Å². The summed E-state index contributed by atoms with van der Waals surface area (Å²) in [6.07, 6.45) is 3.26. The number of rotatable bonds is 5. The maximum absolute atomic E-state index is 12.0. The second-order valence-electron chi connectivity index (χ2n) is 4.52. The van der Waals surface area contributed by atoms with E-state index < -0.39 is 0 Å². The molecule has 19 heavy (non-hydrogen) atoms. The summed E-state index contributed by atoms with van der Waals surface area (Å²) in [7, 11) is 0. The van der Waals surface area contributed by atoms with Gasteiger partial charge in [-0.05, 0) is 44.0 Å². The highest BCUT2D eigenvalue weighted by molar-refractivity contribution is 6.00. The Morgan fingerprint density at radius 2 is 2.11 bits per heavy atom. The van der Waals surface area contributed by atoms with Crippen molar-refractivity contribution in [1.29, 1.82) is 0 Å². The normalized spacial score (nSPS) is 14.7. The van der Waals surface area contributed by atoms with Crippen molar-refractivity contribution in [2.45, 2.75) is 26.2 Å². The molecule has 0 spiro atoms. The van der Waals surface area contributed by atoms with Crippen LogP contribution in [0.1, 0.15) is 36.5 Å². The number of ketones is 1. The summed E-state index contributed by atoms with van der Waals surface area (Å²) < 4.78 is 5.35. The van der Waals surface area contributed by atoms with Crippen molar-refractivity contribution >= 4 is 11.6 Å². The number of nitrogens with one attached hydrogen (secondary N) is 1. The molecular formula is C15H20N2O2. The standard InChI is InChI=1S/C15H20N2O2/c1-2-19-13-8-6-12(7-9-13)14(18)11-17-15-5-3-4-10-16-15/h6-9H,2-5,10-11H2,1H3,(H,16,17). The zero-order valence-corrected chi connectivity index (χ0v) is 11.3. The summed E-state index contributed by atoms with van der Waals surface area (Å²) in [6, 6.07) is 7.26. The highest BCUT2D eigenvalue weighted by atomic mass is 16.5. The average molecular weight is 260 g/mol. The molecule has 1 aromatic carbocycles. The van der Waals surface area contributed by atoms with Gasteiger partial charge >= 0.3 is 0 Å². The molecule has 4 heteroatoms. The number of amidine groups is 1. The van der Waals surface area contributed by atoms with Crippen molar-refractivity contribution in [1.82, 2.24) is 5.32 Å². The molecule has 0 amide bonds. The van der Waals surface area contributed by atoms with E-state index in [0.29, 0.717) is 18.7 Å². The van der Waals surface area contributed by atoms with E-state index in [9.17, 15) is 4.79 Å². The molecule has 1 heterocycles. The van der Waals surface area contributed by atoms with Gasteiger partial charge in [-0.25, -0.2) is 0 Å². The van der Waals surface area contributed by atoms with Crippen LogP contribution in [0.25, 0.3) is 0 Å². The largest absolute Gasteiger partial charge is 0.494 e. The number of benzene rings is 1. The lowest BCUT2D eigenvalue weighted by Gasteiger charge is -2.13. The van der Waals surface area contributed by atoms with Crippen LogP contribution < -0.4 is 10.1 Å². The van der Waals surface area contributed by atoms with E-state index >= 15 is 0 Å². The first-order valence-electron chi connectivity index (χ1n) is 6.83. The molecule has 0 unspecified atom stereocenters. The van der Waals surface area contributed by atoms with Gasteiger partial charge in [0.15, 0.2) is 5.78 Å².